The van der Waals surface area contributed by atoms with Crippen molar-refractivity contribution >= 4 is 46.8 Å². The highest BCUT2D eigenvalue weighted by Crippen LogP contribution is 2.31. The van der Waals surface area contributed by atoms with Gasteiger partial charge in [-0.05, 0) is 31.4 Å². The van der Waals surface area contributed by atoms with Gasteiger partial charge in [0.25, 0.3) is 11.8 Å². The number of ketones is 1. The zero-order chi connectivity index (χ0) is 17.4. The third-order valence-corrected chi connectivity index (χ3v) is 4.79. The minimum atomic E-state index is -0.790. The molecule has 2 amide bonds. The van der Waals surface area contributed by atoms with Gasteiger partial charge in [0.1, 0.15) is 6.54 Å². The average molecular weight is 370 g/mol. The van der Waals surface area contributed by atoms with E-state index in [1.54, 1.807) is 0 Å². The molecule has 1 aromatic carbocycles. The molecule has 2 aliphatic rings. The van der Waals surface area contributed by atoms with Crippen LogP contribution in [0.2, 0.25) is 10.0 Å². The molecule has 1 aromatic rings. The van der Waals surface area contributed by atoms with Crippen molar-refractivity contribution in [1.82, 2.24) is 4.90 Å². The van der Waals surface area contributed by atoms with E-state index < -0.39 is 30.4 Å². The van der Waals surface area contributed by atoms with Crippen LogP contribution in [0.25, 0.3) is 0 Å². The molecule has 1 saturated carbocycles. The van der Waals surface area contributed by atoms with E-state index in [0.29, 0.717) is 12.8 Å². The summed E-state index contributed by atoms with van der Waals surface area (Å²) in [5.74, 6) is -2.20. The van der Waals surface area contributed by atoms with Crippen LogP contribution in [0.5, 0.6) is 0 Å². The van der Waals surface area contributed by atoms with Crippen molar-refractivity contribution in [2.45, 2.75) is 31.8 Å². The van der Waals surface area contributed by atoms with Crippen molar-refractivity contribution in [1.29, 1.82) is 0 Å². The predicted octanol–water partition coefficient (Wildman–Crippen LogP) is 2.64. The Balaban J connectivity index is 1.72. The molecule has 0 spiro atoms. The molecule has 0 bridgehead atoms. The lowest BCUT2D eigenvalue weighted by molar-refractivity contribution is -0.156. The average Bonchev–Trinajstić information content (AvgIpc) is 2.75. The molecule has 1 heterocycles. The highest BCUT2D eigenvalue weighted by molar-refractivity contribution is 6.43. The first-order valence-electron chi connectivity index (χ1n) is 7.46. The number of carbonyl (C=O) groups is 4. The summed E-state index contributed by atoms with van der Waals surface area (Å²) >= 11 is 11.7. The molecule has 0 saturated heterocycles. The summed E-state index contributed by atoms with van der Waals surface area (Å²) in [6.07, 6.45) is 1.64. The maximum atomic E-state index is 12.3. The normalized spacial score (nSPS) is 20.3. The summed E-state index contributed by atoms with van der Waals surface area (Å²) < 4.78 is 5.12. The number of amides is 2. The molecule has 1 fully saturated rings. The minimum Gasteiger partial charge on any atom is -0.453 e. The van der Waals surface area contributed by atoms with Gasteiger partial charge in [-0.15, -0.1) is 0 Å². The first-order chi connectivity index (χ1) is 11.4. The Bertz CT molecular complexity index is 720. The topological polar surface area (TPSA) is 80.8 Å². The molecule has 0 radical (unpaired) electrons. The van der Waals surface area contributed by atoms with Gasteiger partial charge in [-0.1, -0.05) is 23.2 Å². The molecule has 1 atom stereocenters. The fourth-order valence-electron chi connectivity index (χ4n) is 2.83. The number of hydrogen-bond acceptors (Lipinski definition) is 5. The van der Waals surface area contributed by atoms with Crippen molar-refractivity contribution in [2.75, 3.05) is 6.54 Å². The van der Waals surface area contributed by atoms with Gasteiger partial charge >= 0.3 is 5.97 Å². The van der Waals surface area contributed by atoms with Crippen molar-refractivity contribution in [3.63, 3.8) is 0 Å². The van der Waals surface area contributed by atoms with Crippen LogP contribution in [0.4, 0.5) is 0 Å². The Hall–Kier alpha value is -1.92. The number of carbonyl (C=O) groups excluding carboxylic acids is 4. The van der Waals surface area contributed by atoms with E-state index >= 15 is 0 Å². The number of ether oxygens (including phenoxy) is 1. The molecule has 126 valence electrons. The van der Waals surface area contributed by atoms with Gasteiger partial charge in [0.15, 0.2) is 11.9 Å². The second-order valence-electron chi connectivity index (χ2n) is 5.70. The van der Waals surface area contributed by atoms with Crippen molar-refractivity contribution in [3.8, 4) is 0 Å². The summed E-state index contributed by atoms with van der Waals surface area (Å²) in [6, 6.07) is 2.60. The molecule has 0 unspecified atom stereocenters. The number of halogens is 2. The van der Waals surface area contributed by atoms with Crippen LogP contribution in [0.15, 0.2) is 12.1 Å². The lowest BCUT2D eigenvalue weighted by Gasteiger charge is -2.21. The molecule has 1 aliphatic carbocycles. The molecular formula is C16H13Cl2NO5. The molecule has 0 N–H and O–H groups in total. The molecular weight excluding hydrogens is 357 g/mol. The number of hydrogen-bond donors (Lipinski definition) is 0. The molecule has 8 heteroatoms. The van der Waals surface area contributed by atoms with E-state index in [1.807, 2.05) is 0 Å². The Morgan fingerprint density at radius 3 is 2.21 bits per heavy atom. The predicted molar refractivity (Wildman–Crippen MR) is 85.2 cm³/mol. The monoisotopic (exact) mass is 369 g/mol. The number of nitrogens with zero attached hydrogens (tertiary/aromatic N) is 1. The van der Waals surface area contributed by atoms with E-state index in [-0.39, 0.29) is 27.0 Å². The summed E-state index contributed by atoms with van der Waals surface area (Å²) in [4.78, 5) is 49.1. The highest BCUT2D eigenvalue weighted by Gasteiger charge is 2.38. The van der Waals surface area contributed by atoms with Crippen LogP contribution in [0, 0.1) is 0 Å². The molecule has 6 nitrogen and oxygen atoms in total. The summed E-state index contributed by atoms with van der Waals surface area (Å²) in [5, 5.41) is 0.294. The number of fused-ring (bicyclic) bond motifs is 1. The highest BCUT2D eigenvalue weighted by atomic mass is 35.5. The smallest absolute Gasteiger partial charge is 0.326 e. The first kappa shape index (κ1) is 16.9. The Morgan fingerprint density at radius 2 is 1.67 bits per heavy atom. The minimum absolute atomic E-state index is 0.0935. The van der Waals surface area contributed by atoms with Gasteiger partial charge in [-0.3, -0.25) is 24.1 Å². The quantitative estimate of drug-likeness (QED) is 0.604. The lowest BCUT2D eigenvalue weighted by Crippen LogP contribution is -2.39. The van der Waals surface area contributed by atoms with Crippen LogP contribution >= 0.6 is 23.2 Å². The fourth-order valence-corrected chi connectivity index (χ4v) is 3.16. The summed E-state index contributed by atoms with van der Waals surface area (Å²) in [7, 11) is 0. The van der Waals surface area contributed by atoms with Crippen molar-refractivity contribution in [3.05, 3.63) is 33.3 Å². The van der Waals surface area contributed by atoms with Gasteiger partial charge in [0.2, 0.25) is 0 Å². The third-order valence-electron chi connectivity index (χ3n) is 4.07. The standard InChI is InChI=1S/C16H13Cl2NO5/c17-10-5-8-9(6-11(10)18)16(23)19(15(8)22)7-14(21)24-13-4-2-1-3-12(13)20/h5-6,13H,1-4,7H2/t13-/m0/s1. The zero-order valence-corrected chi connectivity index (χ0v) is 14.0. The van der Waals surface area contributed by atoms with E-state index in [1.165, 1.54) is 12.1 Å². The first-order valence-corrected chi connectivity index (χ1v) is 8.21. The van der Waals surface area contributed by atoms with E-state index in [0.717, 1.165) is 17.7 Å². The number of rotatable bonds is 3. The maximum absolute atomic E-state index is 12.3. The largest absolute Gasteiger partial charge is 0.453 e. The Labute approximate surface area is 147 Å². The van der Waals surface area contributed by atoms with Crippen LogP contribution < -0.4 is 0 Å². The second kappa shape index (κ2) is 6.53. The SMILES string of the molecule is O=C(CN1C(=O)c2cc(Cl)c(Cl)cc2C1=O)O[C@H]1CCCCC1=O. The number of Topliss-reactive ketones (excluding diaryl/α,β-unsaturated/α-hetero) is 1. The maximum Gasteiger partial charge on any atom is 0.326 e. The second-order valence-corrected chi connectivity index (χ2v) is 6.51. The van der Waals surface area contributed by atoms with Gasteiger partial charge in [0.05, 0.1) is 21.2 Å². The fraction of sp³-hybridized carbons (Fsp3) is 0.375. The Morgan fingerprint density at radius 1 is 1.08 bits per heavy atom. The molecule has 24 heavy (non-hydrogen) atoms. The van der Waals surface area contributed by atoms with Gasteiger partial charge in [0, 0.05) is 6.42 Å². The van der Waals surface area contributed by atoms with Gasteiger partial charge in [-0.2, -0.15) is 0 Å². The lowest BCUT2D eigenvalue weighted by atomic mass is 9.96. The molecule has 1 aliphatic heterocycles. The number of imide groups is 1. The van der Waals surface area contributed by atoms with Crippen LogP contribution in [-0.2, 0) is 14.3 Å². The number of esters is 1. The molecule has 0 aromatic heterocycles. The van der Waals surface area contributed by atoms with E-state index in [4.69, 9.17) is 27.9 Å². The van der Waals surface area contributed by atoms with E-state index in [2.05, 4.69) is 0 Å². The van der Waals surface area contributed by atoms with Crippen LogP contribution in [0.3, 0.4) is 0 Å². The van der Waals surface area contributed by atoms with Crippen LogP contribution in [0.1, 0.15) is 46.4 Å². The Kier molecular flexibility index (Phi) is 4.60. The zero-order valence-electron chi connectivity index (χ0n) is 12.5. The number of benzene rings is 1. The molecule has 3 rings (SSSR count). The van der Waals surface area contributed by atoms with Crippen molar-refractivity contribution < 1.29 is 23.9 Å². The van der Waals surface area contributed by atoms with Crippen LogP contribution in [-0.4, -0.2) is 41.1 Å². The van der Waals surface area contributed by atoms with Gasteiger partial charge in [-0.25, -0.2) is 0 Å². The summed E-state index contributed by atoms with van der Waals surface area (Å²) in [6.45, 7) is -0.550. The van der Waals surface area contributed by atoms with Crippen molar-refractivity contribution in [2.24, 2.45) is 0 Å². The summed E-state index contributed by atoms with van der Waals surface area (Å²) in [5.41, 5.74) is 0.187. The van der Waals surface area contributed by atoms with Gasteiger partial charge < -0.3 is 4.74 Å². The van der Waals surface area contributed by atoms with E-state index in [9.17, 15) is 19.2 Å². The third kappa shape index (κ3) is 3.03.